The second-order valence-corrected chi connectivity index (χ2v) is 5.92. The van der Waals surface area contributed by atoms with Gasteiger partial charge >= 0.3 is 12.1 Å². The molecule has 0 amide bonds. The molecular formula is C17H17F3N2O4. The fourth-order valence-corrected chi connectivity index (χ4v) is 2.93. The first kappa shape index (κ1) is 19.6. The van der Waals surface area contributed by atoms with Crippen LogP contribution in [-0.2, 0) is 9.53 Å². The van der Waals surface area contributed by atoms with Gasteiger partial charge in [0.25, 0.3) is 5.69 Å². The summed E-state index contributed by atoms with van der Waals surface area (Å²) in [7, 11) is 2.11. The molecule has 2 rings (SSSR count). The molecule has 26 heavy (non-hydrogen) atoms. The summed E-state index contributed by atoms with van der Waals surface area (Å²) >= 11 is 0. The molecular weight excluding hydrogens is 353 g/mol. The van der Waals surface area contributed by atoms with Crippen LogP contribution in [-0.4, -0.2) is 48.2 Å². The van der Waals surface area contributed by atoms with Crippen molar-refractivity contribution < 1.29 is 27.6 Å². The first-order valence-electron chi connectivity index (χ1n) is 7.54. The van der Waals surface area contributed by atoms with E-state index in [1.807, 2.05) is 0 Å². The van der Waals surface area contributed by atoms with Gasteiger partial charge in [0.2, 0.25) is 5.54 Å². The molecule has 1 atom stereocenters. The number of halogens is 3. The molecule has 0 saturated heterocycles. The van der Waals surface area contributed by atoms with Crippen molar-refractivity contribution in [2.75, 3.05) is 20.7 Å². The Morgan fingerprint density at radius 1 is 1.35 bits per heavy atom. The van der Waals surface area contributed by atoms with Gasteiger partial charge in [-0.25, -0.2) is 4.79 Å². The summed E-state index contributed by atoms with van der Waals surface area (Å²) in [4.78, 5) is 22.9. The first-order chi connectivity index (χ1) is 12.0. The molecule has 0 fully saturated rings. The number of nitrogens with zero attached hydrogens (tertiary/aromatic N) is 2. The van der Waals surface area contributed by atoms with E-state index in [9.17, 15) is 28.1 Å². The Hall–Kier alpha value is -2.68. The smallest absolute Gasteiger partial charge is 0.417 e. The summed E-state index contributed by atoms with van der Waals surface area (Å²) < 4.78 is 45.2. The van der Waals surface area contributed by atoms with Crippen LogP contribution in [0.15, 0.2) is 42.5 Å². The number of ether oxygens (including phenoxy) is 1. The minimum absolute atomic E-state index is 0.0990. The minimum atomic E-state index is -4.81. The monoisotopic (exact) mass is 370 g/mol. The van der Waals surface area contributed by atoms with E-state index in [1.54, 1.807) is 0 Å². The number of methoxy groups -OCH3 is 1. The Labute approximate surface area is 147 Å². The molecule has 0 aromatic heterocycles. The molecule has 1 aromatic rings. The third-order valence-electron chi connectivity index (χ3n) is 4.51. The summed E-state index contributed by atoms with van der Waals surface area (Å²) in [5, 5.41) is 10.7. The van der Waals surface area contributed by atoms with Crippen molar-refractivity contribution in [1.82, 2.24) is 4.90 Å². The molecule has 0 radical (unpaired) electrons. The molecule has 1 unspecified atom stereocenters. The summed E-state index contributed by atoms with van der Waals surface area (Å²) in [5.74, 6) is -1.37. The van der Waals surface area contributed by atoms with Crippen LogP contribution in [0.25, 0.3) is 5.57 Å². The van der Waals surface area contributed by atoms with Gasteiger partial charge in [0.1, 0.15) is 0 Å². The van der Waals surface area contributed by atoms with Gasteiger partial charge in [-0.1, -0.05) is 12.7 Å². The Kier molecular flexibility index (Phi) is 5.22. The van der Waals surface area contributed by atoms with E-state index < -0.39 is 29.0 Å². The van der Waals surface area contributed by atoms with Gasteiger partial charge in [-0.3, -0.25) is 15.0 Å². The lowest BCUT2D eigenvalue weighted by Crippen LogP contribution is -2.64. The van der Waals surface area contributed by atoms with Crippen LogP contribution in [0.3, 0.4) is 0 Å². The summed E-state index contributed by atoms with van der Waals surface area (Å²) in [6, 6.07) is 5.55. The van der Waals surface area contributed by atoms with E-state index in [2.05, 4.69) is 11.3 Å². The van der Waals surface area contributed by atoms with Crippen molar-refractivity contribution in [2.24, 2.45) is 0 Å². The van der Waals surface area contributed by atoms with Crippen LogP contribution in [0, 0.1) is 10.1 Å². The van der Waals surface area contributed by atoms with Crippen LogP contribution in [0.2, 0.25) is 0 Å². The number of hydrogen-bond donors (Lipinski definition) is 0. The topological polar surface area (TPSA) is 72.7 Å². The number of non-ortho nitro benzene ring substituents is 1. The van der Waals surface area contributed by atoms with Gasteiger partial charge in [-0.15, -0.1) is 0 Å². The van der Waals surface area contributed by atoms with E-state index in [4.69, 9.17) is 0 Å². The number of rotatable bonds is 4. The second kappa shape index (κ2) is 6.91. The Bertz CT molecular complexity index is 771. The predicted molar refractivity (Wildman–Crippen MR) is 88.3 cm³/mol. The Balaban J connectivity index is 2.34. The molecule has 1 aromatic carbocycles. The fourth-order valence-electron chi connectivity index (χ4n) is 2.93. The molecule has 0 bridgehead atoms. The van der Waals surface area contributed by atoms with Gasteiger partial charge in [-0.2, -0.15) is 13.2 Å². The van der Waals surface area contributed by atoms with E-state index in [0.29, 0.717) is 16.7 Å². The van der Waals surface area contributed by atoms with Gasteiger partial charge in [0.05, 0.1) is 12.0 Å². The largest absolute Gasteiger partial charge is 0.467 e. The van der Waals surface area contributed by atoms with Gasteiger partial charge in [0.15, 0.2) is 0 Å². The summed E-state index contributed by atoms with van der Waals surface area (Å²) in [6.45, 7) is 3.69. The van der Waals surface area contributed by atoms with Crippen LogP contribution in [0.1, 0.15) is 12.0 Å². The van der Waals surface area contributed by atoms with Crippen molar-refractivity contribution >= 4 is 17.2 Å². The van der Waals surface area contributed by atoms with Crippen LogP contribution in [0.4, 0.5) is 18.9 Å². The third-order valence-corrected chi connectivity index (χ3v) is 4.51. The normalized spacial score (nSPS) is 21.0. The molecule has 0 saturated carbocycles. The van der Waals surface area contributed by atoms with Gasteiger partial charge < -0.3 is 4.74 Å². The van der Waals surface area contributed by atoms with Crippen molar-refractivity contribution in [3.8, 4) is 0 Å². The number of nitro groups is 1. The number of benzene rings is 1. The Morgan fingerprint density at radius 3 is 2.35 bits per heavy atom. The lowest BCUT2D eigenvalue weighted by molar-refractivity contribution is -0.384. The van der Waals surface area contributed by atoms with Crippen LogP contribution < -0.4 is 0 Å². The highest BCUT2D eigenvalue weighted by molar-refractivity contribution is 5.84. The number of esters is 1. The Morgan fingerprint density at radius 2 is 1.92 bits per heavy atom. The lowest BCUT2D eigenvalue weighted by Gasteiger charge is -2.43. The number of hydrogen-bond acceptors (Lipinski definition) is 5. The van der Waals surface area contributed by atoms with Gasteiger partial charge in [-0.05, 0) is 35.9 Å². The zero-order valence-corrected chi connectivity index (χ0v) is 14.2. The predicted octanol–water partition coefficient (Wildman–Crippen LogP) is 3.34. The van der Waals surface area contributed by atoms with E-state index in [0.717, 1.165) is 12.0 Å². The lowest BCUT2D eigenvalue weighted by atomic mass is 9.84. The molecule has 0 N–H and O–H groups in total. The van der Waals surface area contributed by atoms with E-state index in [1.165, 1.54) is 37.4 Å². The maximum Gasteiger partial charge on any atom is 0.417 e. The minimum Gasteiger partial charge on any atom is -0.467 e. The van der Waals surface area contributed by atoms with Gasteiger partial charge in [0, 0.05) is 25.1 Å². The molecule has 6 nitrogen and oxygen atoms in total. The van der Waals surface area contributed by atoms with Crippen molar-refractivity contribution in [3.63, 3.8) is 0 Å². The summed E-state index contributed by atoms with van der Waals surface area (Å²) in [5.41, 5.74) is -1.36. The molecule has 1 aliphatic rings. The van der Waals surface area contributed by atoms with Crippen molar-refractivity contribution in [3.05, 3.63) is 58.2 Å². The SMILES string of the molecule is C=C(C1=CCC(C(=O)OC)(C(F)(F)F)N(C)C1)c1ccc([N+](=O)[O-])cc1. The highest BCUT2D eigenvalue weighted by Gasteiger charge is 2.64. The average Bonchev–Trinajstić information content (AvgIpc) is 2.59. The van der Waals surface area contributed by atoms with Crippen molar-refractivity contribution in [1.29, 1.82) is 0 Å². The highest BCUT2D eigenvalue weighted by atomic mass is 19.4. The van der Waals surface area contributed by atoms with Crippen molar-refractivity contribution in [2.45, 2.75) is 18.1 Å². The number of carbonyl (C=O) groups excluding carboxylic acids is 1. The third kappa shape index (κ3) is 3.22. The molecule has 0 spiro atoms. The fraction of sp³-hybridized carbons (Fsp3) is 0.353. The van der Waals surface area contributed by atoms with Crippen LogP contribution in [0.5, 0.6) is 0 Å². The molecule has 0 aliphatic carbocycles. The molecule has 1 heterocycles. The second-order valence-electron chi connectivity index (χ2n) is 5.92. The number of alkyl halides is 3. The number of likely N-dealkylation sites (N-methyl/N-ethyl adjacent to an activating group) is 1. The van der Waals surface area contributed by atoms with E-state index >= 15 is 0 Å². The first-order valence-corrected chi connectivity index (χ1v) is 7.54. The van der Waals surface area contributed by atoms with Crippen LogP contribution >= 0.6 is 0 Å². The number of nitro benzene ring substituents is 1. The summed E-state index contributed by atoms with van der Waals surface area (Å²) in [6.07, 6.45) is -4.11. The highest BCUT2D eigenvalue weighted by Crippen LogP contribution is 2.43. The quantitative estimate of drug-likeness (QED) is 0.462. The van der Waals surface area contributed by atoms with E-state index in [-0.39, 0.29) is 12.2 Å². The maximum atomic E-state index is 13.6. The maximum absolute atomic E-state index is 13.6. The molecule has 1 aliphatic heterocycles. The zero-order valence-electron chi connectivity index (χ0n) is 14.2. The standard InChI is InChI=1S/C17H17F3N2O4/c1-11(12-4-6-14(7-5-12)22(24)25)13-8-9-16(15(23)26-3,17(18,19)20)21(2)10-13/h4-8H,1,9-10H2,2-3H3. The molecule has 9 heteroatoms. The average molecular weight is 370 g/mol. The molecule has 140 valence electrons. The number of carbonyl (C=O) groups is 1. The zero-order chi connectivity index (χ0) is 19.7.